The number of carbonyl (C=O) groups excluding carboxylic acids is 2. The van der Waals surface area contributed by atoms with Gasteiger partial charge in [0.1, 0.15) is 5.69 Å². The van der Waals surface area contributed by atoms with E-state index in [2.05, 4.69) is 4.98 Å². The summed E-state index contributed by atoms with van der Waals surface area (Å²) in [5.74, 6) is -0.400. The van der Waals surface area contributed by atoms with Gasteiger partial charge >= 0.3 is 5.97 Å². The lowest BCUT2D eigenvalue weighted by Gasteiger charge is -2.22. The number of hydrogen-bond acceptors (Lipinski definition) is 4. The fourth-order valence-corrected chi connectivity index (χ4v) is 3.39. The van der Waals surface area contributed by atoms with Gasteiger partial charge in [-0.05, 0) is 44.6 Å². The van der Waals surface area contributed by atoms with Gasteiger partial charge in [0.25, 0.3) is 5.91 Å². The number of hydrogen-bond donors (Lipinski definition) is 1. The first-order valence-electron chi connectivity index (χ1n) is 8.28. The molecule has 2 aromatic rings. The number of carbonyl (C=O) groups is 2. The zero-order valence-corrected chi connectivity index (χ0v) is 15.1. The number of benzene rings is 1. The van der Waals surface area contributed by atoms with Gasteiger partial charge in [0.15, 0.2) is 4.77 Å². The SMILES string of the molecule is CCOC(=O)C1(C)CCN(C(=O)c2c[nH]c(=S)n2-c2ccccc2)C1. The normalized spacial score (nSPS) is 19.8. The zero-order valence-electron chi connectivity index (χ0n) is 14.3. The summed E-state index contributed by atoms with van der Waals surface area (Å²) in [7, 11) is 0. The number of H-pyrrole nitrogens is 1. The Morgan fingerprint density at radius 1 is 1.32 bits per heavy atom. The first kappa shape index (κ1) is 17.4. The molecule has 1 atom stereocenters. The Morgan fingerprint density at radius 3 is 2.72 bits per heavy atom. The predicted molar refractivity (Wildman–Crippen MR) is 96.2 cm³/mol. The van der Waals surface area contributed by atoms with Crippen LogP contribution in [-0.4, -0.2) is 46.0 Å². The van der Waals surface area contributed by atoms with Crippen LogP contribution in [0, 0.1) is 10.2 Å². The number of aromatic amines is 1. The highest BCUT2D eigenvalue weighted by Crippen LogP contribution is 2.32. The third kappa shape index (κ3) is 3.24. The molecule has 1 aromatic carbocycles. The molecule has 0 bridgehead atoms. The fourth-order valence-electron chi connectivity index (χ4n) is 3.13. The average Bonchev–Trinajstić information content (AvgIpc) is 3.19. The second kappa shape index (κ2) is 6.84. The van der Waals surface area contributed by atoms with Crippen molar-refractivity contribution in [1.82, 2.24) is 14.5 Å². The van der Waals surface area contributed by atoms with Crippen LogP contribution in [0.3, 0.4) is 0 Å². The van der Waals surface area contributed by atoms with Gasteiger partial charge in [-0.2, -0.15) is 0 Å². The van der Waals surface area contributed by atoms with Crippen LogP contribution in [0.15, 0.2) is 36.5 Å². The maximum atomic E-state index is 13.0. The van der Waals surface area contributed by atoms with E-state index in [1.165, 1.54) is 0 Å². The highest BCUT2D eigenvalue weighted by Gasteiger charge is 2.43. The lowest BCUT2D eigenvalue weighted by atomic mass is 9.90. The van der Waals surface area contributed by atoms with Gasteiger partial charge in [0.05, 0.1) is 12.0 Å². The van der Waals surface area contributed by atoms with Crippen LogP contribution in [0.5, 0.6) is 0 Å². The summed E-state index contributed by atoms with van der Waals surface area (Å²) >= 11 is 5.33. The number of imidazole rings is 1. The molecule has 1 unspecified atom stereocenters. The van der Waals surface area contributed by atoms with Crippen molar-refractivity contribution >= 4 is 24.1 Å². The number of rotatable bonds is 4. The smallest absolute Gasteiger partial charge is 0.313 e. The molecule has 1 amide bonds. The van der Waals surface area contributed by atoms with Gasteiger partial charge in [-0.25, -0.2) is 0 Å². The topological polar surface area (TPSA) is 67.3 Å². The molecule has 0 spiro atoms. The zero-order chi connectivity index (χ0) is 18.0. The number of aromatic nitrogens is 2. The van der Waals surface area contributed by atoms with Crippen LogP contribution < -0.4 is 0 Å². The second-order valence-corrected chi connectivity index (χ2v) is 6.79. The molecule has 25 heavy (non-hydrogen) atoms. The van der Waals surface area contributed by atoms with E-state index in [-0.39, 0.29) is 11.9 Å². The van der Waals surface area contributed by atoms with Crippen LogP contribution >= 0.6 is 12.2 Å². The van der Waals surface area contributed by atoms with E-state index in [9.17, 15) is 9.59 Å². The summed E-state index contributed by atoms with van der Waals surface area (Å²) in [6.07, 6.45) is 2.21. The lowest BCUT2D eigenvalue weighted by Crippen LogP contribution is -2.36. The third-order valence-corrected chi connectivity index (χ3v) is 4.84. The number of ether oxygens (including phenoxy) is 1. The number of nitrogens with zero attached hydrogens (tertiary/aromatic N) is 2. The summed E-state index contributed by atoms with van der Waals surface area (Å²) in [6, 6.07) is 9.49. The average molecular weight is 359 g/mol. The summed E-state index contributed by atoms with van der Waals surface area (Å²) in [6.45, 7) is 4.83. The molecule has 1 aliphatic rings. The molecule has 2 heterocycles. The van der Waals surface area contributed by atoms with Gasteiger partial charge in [-0.15, -0.1) is 0 Å². The summed E-state index contributed by atoms with van der Waals surface area (Å²) < 4.78 is 7.33. The fraction of sp³-hybridized carbons (Fsp3) is 0.389. The molecule has 0 aliphatic carbocycles. The molecule has 6 nitrogen and oxygen atoms in total. The Morgan fingerprint density at radius 2 is 2.04 bits per heavy atom. The largest absolute Gasteiger partial charge is 0.466 e. The quantitative estimate of drug-likeness (QED) is 0.673. The van der Waals surface area contributed by atoms with Crippen molar-refractivity contribution in [1.29, 1.82) is 0 Å². The maximum Gasteiger partial charge on any atom is 0.313 e. The molecule has 1 fully saturated rings. The molecular formula is C18H21N3O3S. The number of esters is 1. The highest BCUT2D eigenvalue weighted by atomic mass is 32.1. The van der Waals surface area contributed by atoms with Crippen molar-refractivity contribution in [2.45, 2.75) is 20.3 Å². The molecule has 132 valence electrons. The Hall–Kier alpha value is -2.41. The van der Waals surface area contributed by atoms with Crippen molar-refractivity contribution in [3.63, 3.8) is 0 Å². The first-order valence-corrected chi connectivity index (χ1v) is 8.69. The minimum atomic E-state index is -0.656. The molecule has 1 saturated heterocycles. The molecular weight excluding hydrogens is 338 g/mol. The molecule has 1 aliphatic heterocycles. The van der Waals surface area contributed by atoms with Crippen LogP contribution in [-0.2, 0) is 9.53 Å². The molecule has 1 N–H and O–H groups in total. The monoisotopic (exact) mass is 359 g/mol. The number of nitrogens with one attached hydrogen (secondary N) is 1. The highest BCUT2D eigenvalue weighted by molar-refractivity contribution is 7.71. The minimum absolute atomic E-state index is 0.149. The van der Waals surface area contributed by atoms with Gasteiger partial charge in [-0.3, -0.25) is 14.2 Å². The standard InChI is InChI=1S/C18H21N3O3S/c1-3-24-16(23)18(2)9-10-20(12-18)15(22)14-11-19-17(25)21(14)13-7-5-4-6-8-13/h4-8,11H,3,9-10,12H2,1-2H3,(H,19,25). The van der Waals surface area contributed by atoms with E-state index in [4.69, 9.17) is 17.0 Å². The van der Waals surface area contributed by atoms with Crippen molar-refractivity contribution in [2.24, 2.45) is 5.41 Å². The van der Waals surface area contributed by atoms with E-state index in [0.717, 1.165) is 5.69 Å². The van der Waals surface area contributed by atoms with Crippen molar-refractivity contribution in [2.75, 3.05) is 19.7 Å². The van der Waals surface area contributed by atoms with Crippen LogP contribution in [0.2, 0.25) is 0 Å². The van der Waals surface area contributed by atoms with Crippen LogP contribution in [0.4, 0.5) is 0 Å². The summed E-state index contributed by atoms with van der Waals surface area (Å²) in [4.78, 5) is 29.8. The number of likely N-dealkylation sites (tertiary alicyclic amines) is 1. The van der Waals surface area contributed by atoms with Crippen molar-refractivity contribution in [3.8, 4) is 5.69 Å². The molecule has 0 saturated carbocycles. The number of para-hydroxylation sites is 1. The maximum absolute atomic E-state index is 13.0. The van der Waals surface area contributed by atoms with Gasteiger partial charge in [0.2, 0.25) is 0 Å². The van der Waals surface area contributed by atoms with E-state index in [1.807, 2.05) is 37.3 Å². The molecule has 3 rings (SSSR count). The van der Waals surface area contributed by atoms with Gasteiger partial charge < -0.3 is 14.6 Å². The van der Waals surface area contributed by atoms with Crippen molar-refractivity contribution in [3.05, 3.63) is 47.0 Å². The summed E-state index contributed by atoms with van der Waals surface area (Å²) in [5, 5.41) is 0. The van der Waals surface area contributed by atoms with E-state index >= 15 is 0 Å². The van der Waals surface area contributed by atoms with Crippen molar-refractivity contribution < 1.29 is 14.3 Å². The van der Waals surface area contributed by atoms with E-state index in [0.29, 0.717) is 36.6 Å². The Bertz CT molecular complexity index is 843. The number of amides is 1. The van der Waals surface area contributed by atoms with Crippen LogP contribution in [0.25, 0.3) is 5.69 Å². The van der Waals surface area contributed by atoms with E-state index in [1.54, 1.807) is 22.6 Å². The first-order chi connectivity index (χ1) is 12.0. The minimum Gasteiger partial charge on any atom is -0.466 e. The van der Waals surface area contributed by atoms with Gasteiger partial charge in [0, 0.05) is 25.0 Å². The van der Waals surface area contributed by atoms with Gasteiger partial charge in [-0.1, -0.05) is 18.2 Å². The molecule has 7 heteroatoms. The third-order valence-electron chi connectivity index (χ3n) is 4.54. The molecule has 0 radical (unpaired) electrons. The van der Waals surface area contributed by atoms with Crippen LogP contribution in [0.1, 0.15) is 30.8 Å². The second-order valence-electron chi connectivity index (χ2n) is 6.41. The Kier molecular flexibility index (Phi) is 4.76. The lowest BCUT2D eigenvalue weighted by molar-refractivity contribution is -0.153. The van der Waals surface area contributed by atoms with E-state index < -0.39 is 5.41 Å². The Balaban J connectivity index is 1.86. The predicted octanol–water partition coefficient (Wildman–Crippen LogP) is 2.95. The summed E-state index contributed by atoms with van der Waals surface area (Å²) in [5.41, 5.74) is 0.629. The molecule has 1 aromatic heterocycles. The Labute approximate surface area is 151 Å².